The molecule has 0 radical (unpaired) electrons. The number of fused-ring (bicyclic) bond motifs is 1. The third-order valence-corrected chi connectivity index (χ3v) is 6.52. The maximum atomic E-state index is 12.1. The molecule has 0 aliphatic heterocycles. The summed E-state index contributed by atoms with van der Waals surface area (Å²) >= 11 is 0. The molecule has 8 heteroatoms. The SMILES string of the molecule is CC1(C)C2CC=C(C=NNS(=O)(=O)Cc3ccc([N+](=O)[O-])cc3)C1C2. The fourth-order valence-corrected chi connectivity index (χ4v) is 4.60. The topological polar surface area (TPSA) is 102 Å². The van der Waals surface area contributed by atoms with E-state index in [4.69, 9.17) is 0 Å². The molecule has 1 N–H and O–H groups in total. The van der Waals surface area contributed by atoms with E-state index in [1.165, 1.54) is 24.3 Å². The zero-order valence-electron chi connectivity index (χ0n) is 14.2. The van der Waals surface area contributed by atoms with E-state index in [1.54, 1.807) is 6.21 Å². The summed E-state index contributed by atoms with van der Waals surface area (Å²) in [6, 6.07) is 5.44. The molecule has 2 unspecified atom stereocenters. The first kappa shape index (κ1) is 17.6. The summed E-state index contributed by atoms with van der Waals surface area (Å²) in [6.45, 7) is 4.48. The largest absolute Gasteiger partial charge is 0.269 e. The highest BCUT2D eigenvalue weighted by atomic mass is 32.2. The van der Waals surface area contributed by atoms with Crippen LogP contribution in [-0.2, 0) is 15.8 Å². The Morgan fingerprint density at radius 2 is 2.04 bits per heavy atom. The van der Waals surface area contributed by atoms with Gasteiger partial charge in [0.2, 0.25) is 0 Å². The van der Waals surface area contributed by atoms with Crippen LogP contribution < -0.4 is 4.83 Å². The van der Waals surface area contributed by atoms with Crippen molar-refractivity contribution in [2.24, 2.45) is 22.4 Å². The maximum Gasteiger partial charge on any atom is 0.269 e. The van der Waals surface area contributed by atoms with E-state index < -0.39 is 14.9 Å². The molecular formula is C17H21N3O4S. The van der Waals surface area contributed by atoms with Crippen molar-refractivity contribution in [1.82, 2.24) is 4.83 Å². The fourth-order valence-electron chi connectivity index (χ4n) is 3.69. The Hall–Kier alpha value is -2.22. The van der Waals surface area contributed by atoms with Gasteiger partial charge in [-0.3, -0.25) is 10.1 Å². The first-order chi connectivity index (χ1) is 11.7. The van der Waals surface area contributed by atoms with E-state index in [2.05, 4.69) is 29.9 Å². The number of nitro benzene ring substituents is 1. The molecule has 25 heavy (non-hydrogen) atoms. The van der Waals surface area contributed by atoms with Gasteiger partial charge in [-0.2, -0.15) is 5.10 Å². The number of non-ortho nitro benzene ring substituents is 1. The van der Waals surface area contributed by atoms with Crippen molar-refractivity contribution in [3.63, 3.8) is 0 Å². The van der Waals surface area contributed by atoms with E-state index in [0.29, 0.717) is 17.4 Å². The van der Waals surface area contributed by atoms with Crippen LogP contribution in [0.3, 0.4) is 0 Å². The van der Waals surface area contributed by atoms with E-state index in [0.717, 1.165) is 18.4 Å². The van der Waals surface area contributed by atoms with Gasteiger partial charge in [0.15, 0.2) is 0 Å². The summed E-state index contributed by atoms with van der Waals surface area (Å²) in [6.07, 6.45) is 5.90. The van der Waals surface area contributed by atoms with Gasteiger partial charge >= 0.3 is 0 Å². The van der Waals surface area contributed by atoms with Gasteiger partial charge in [0, 0.05) is 12.1 Å². The van der Waals surface area contributed by atoms with Crippen molar-refractivity contribution in [2.75, 3.05) is 0 Å². The molecule has 0 amide bonds. The molecule has 0 heterocycles. The average molecular weight is 363 g/mol. The van der Waals surface area contributed by atoms with Gasteiger partial charge in [0.1, 0.15) is 0 Å². The lowest BCUT2D eigenvalue weighted by Gasteiger charge is -2.55. The minimum absolute atomic E-state index is 0.0715. The minimum Gasteiger partial charge on any atom is -0.258 e. The molecule has 7 nitrogen and oxygen atoms in total. The molecule has 1 aromatic carbocycles. The summed E-state index contributed by atoms with van der Waals surface area (Å²) in [5.41, 5.74) is 1.74. The first-order valence-corrected chi connectivity index (χ1v) is 9.80. The first-order valence-electron chi connectivity index (χ1n) is 8.15. The number of benzene rings is 1. The van der Waals surface area contributed by atoms with Crippen LogP contribution in [0, 0.1) is 27.4 Å². The summed E-state index contributed by atoms with van der Waals surface area (Å²) in [5, 5.41) is 14.5. The number of nitrogens with one attached hydrogen (secondary N) is 1. The third kappa shape index (κ3) is 3.58. The van der Waals surface area contributed by atoms with E-state index in [1.807, 2.05) is 0 Å². The molecule has 3 aliphatic carbocycles. The molecule has 3 aliphatic rings. The van der Waals surface area contributed by atoms with E-state index in [9.17, 15) is 18.5 Å². The van der Waals surface area contributed by atoms with Gasteiger partial charge in [0.05, 0.1) is 16.9 Å². The molecular weight excluding hydrogens is 342 g/mol. The van der Waals surface area contributed by atoms with Gasteiger partial charge in [0.25, 0.3) is 15.7 Å². The number of sulfonamides is 1. The van der Waals surface area contributed by atoms with E-state index in [-0.39, 0.29) is 16.9 Å². The highest BCUT2D eigenvalue weighted by molar-refractivity contribution is 7.88. The second-order valence-electron chi connectivity index (χ2n) is 7.28. The van der Waals surface area contributed by atoms with Crippen LogP contribution in [0.4, 0.5) is 5.69 Å². The third-order valence-electron chi connectivity index (χ3n) is 5.42. The van der Waals surface area contributed by atoms with Crippen molar-refractivity contribution in [2.45, 2.75) is 32.4 Å². The Kier molecular flexibility index (Phi) is 4.40. The second-order valence-corrected chi connectivity index (χ2v) is 8.98. The van der Waals surface area contributed by atoms with Crippen molar-refractivity contribution < 1.29 is 13.3 Å². The predicted molar refractivity (Wildman–Crippen MR) is 95.4 cm³/mol. The Morgan fingerprint density at radius 1 is 1.36 bits per heavy atom. The zero-order chi connectivity index (χ0) is 18.2. The highest BCUT2D eigenvalue weighted by Crippen LogP contribution is 2.58. The zero-order valence-corrected chi connectivity index (χ0v) is 15.0. The smallest absolute Gasteiger partial charge is 0.258 e. The maximum absolute atomic E-state index is 12.1. The Morgan fingerprint density at radius 3 is 2.60 bits per heavy atom. The Labute approximate surface area is 147 Å². The van der Waals surface area contributed by atoms with Crippen LogP contribution in [0.15, 0.2) is 41.0 Å². The number of hydrogen-bond donors (Lipinski definition) is 1. The number of nitrogens with zero attached hydrogens (tertiary/aromatic N) is 2. The molecule has 4 rings (SSSR count). The van der Waals surface area contributed by atoms with Crippen LogP contribution in [0.5, 0.6) is 0 Å². The molecule has 1 fully saturated rings. The lowest BCUT2D eigenvalue weighted by Crippen LogP contribution is -2.48. The summed E-state index contributed by atoms with van der Waals surface area (Å²) < 4.78 is 24.2. The molecule has 1 saturated carbocycles. The van der Waals surface area contributed by atoms with Gasteiger partial charge in [-0.25, -0.2) is 13.2 Å². The second kappa shape index (κ2) is 6.25. The van der Waals surface area contributed by atoms with Gasteiger partial charge in [-0.1, -0.05) is 32.1 Å². The number of hydrazone groups is 1. The molecule has 134 valence electrons. The van der Waals surface area contributed by atoms with Crippen LogP contribution in [0.25, 0.3) is 0 Å². The summed E-state index contributed by atoms with van der Waals surface area (Å²) in [4.78, 5) is 12.3. The van der Waals surface area contributed by atoms with Crippen LogP contribution >= 0.6 is 0 Å². The number of allylic oxidation sites excluding steroid dienone is 2. The number of hydrogen-bond acceptors (Lipinski definition) is 5. The lowest BCUT2D eigenvalue weighted by molar-refractivity contribution is -0.384. The molecule has 2 bridgehead atoms. The fraction of sp³-hybridized carbons (Fsp3) is 0.471. The average Bonchev–Trinajstić information content (AvgIpc) is 2.54. The van der Waals surface area contributed by atoms with Crippen molar-refractivity contribution in [3.05, 3.63) is 51.6 Å². The standard InChI is InChI=1S/C17H21N3O4S/c1-17(2)14-6-5-13(16(17)9-14)10-18-19-25(23,24)11-12-3-7-15(8-4-12)20(21)22/h3-5,7-8,10,14,16,19H,6,9,11H2,1-2H3. The molecule has 0 spiro atoms. The van der Waals surface area contributed by atoms with Crippen LogP contribution in [0.2, 0.25) is 0 Å². The Balaban J connectivity index is 1.60. The normalized spacial score (nSPS) is 24.5. The number of rotatable bonds is 6. The quantitative estimate of drug-likeness (QED) is 0.477. The van der Waals surface area contributed by atoms with Crippen LogP contribution in [-0.4, -0.2) is 19.6 Å². The summed E-state index contributed by atoms with van der Waals surface area (Å²) in [5.74, 6) is 0.876. The van der Waals surface area contributed by atoms with Gasteiger partial charge in [-0.05, 0) is 41.2 Å². The summed E-state index contributed by atoms with van der Waals surface area (Å²) in [7, 11) is -3.65. The molecule has 2 atom stereocenters. The predicted octanol–water partition coefficient (Wildman–Crippen LogP) is 2.99. The lowest BCUT2D eigenvalue weighted by atomic mass is 9.49. The molecule has 0 saturated heterocycles. The van der Waals surface area contributed by atoms with Crippen molar-refractivity contribution in [3.8, 4) is 0 Å². The van der Waals surface area contributed by atoms with Gasteiger partial charge in [-0.15, -0.1) is 0 Å². The molecule has 1 aromatic rings. The highest BCUT2D eigenvalue weighted by Gasteiger charge is 2.50. The minimum atomic E-state index is -3.65. The van der Waals surface area contributed by atoms with Gasteiger partial charge < -0.3 is 0 Å². The van der Waals surface area contributed by atoms with Crippen LogP contribution in [0.1, 0.15) is 32.3 Å². The molecule has 0 aromatic heterocycles. The Bertz CT molecular complexity index is 841. The monoisotopic (exact) mass is 363 g/mol. The van der Waals surface area contributed by atoms with Crippen molar-refractivity contribution in [1.29, 1.82) is 0 Å². The van der Waals surface area contributed by atoms with Crippen molar-refractivity contribution >= 4 is 21.9 Å². The van der Waals surface area contributed by atoms with E-state index >= 15 is 0 Å². The number of nitro groups is 1.